The van der Waals surface area contributed by atoms with Crippen LogP contribution in [0.3, 0.4) is 0 Å². The number of carboxylic acids is 2. The predicted molar refractivity (Wildman–Crippen MR) is 183 cm³/mol. The minimum absolute atomic E-state index is 0.00142. The van der Waals surface area contributed by atoms with E-state index in [4.69, 9.17) is 27.9 Å². The number of hydrogen-bond acceptors (Lipinski definition) is 5. The van der Waals surface area contributed by atoms with E-state index in [1.54, 1.807) is 18.2 Å². The summed E-state index contributed by atoms with van der Waals surface area (Å²) in [6.45, 7) is 10.2. The van der Waals surface area contributed by atoms with Crippen molar-refractivity contribution in [1.82, 2.24) is 0 Å². The Balaban J connectivity index is 1.80. The molecular weight excluding hydrogens is 663 g/mol. The summed E-state index contributed by atoms with van der Waals surface area (Å²) < 4.78 is 40.6. The normalized spacial score (nSPS) is 17.1. The van der Waals surface area contributed by atoms with Gasteiger partial charge in [-0.2, -0.15) is 8.42 Å². The Morgan fingerprint density at radius 2 is 1.57 bits per heavy atom. The lowest BCUT2D eigenvalue weighted by Gasteiger charge is -2.32. The third kappa shape index (κ3) is 5.91. The molecule has 11 heteroatoms. The second-order valence-corrected chi connectivity index (χ2v) is 15.8. The molecule has 3 aromatic carbocycles. The minimum Gasteiger partial charge on any atom is -0.478 e. The number of benzene rings is 3. The average Bonchev–Trinajstić information content (AvgIpc) is 2.92. The van der Waals surface area contributed by atoms with Crippen molar-refractivity contribution in [2.45, 2.75) is 47.5 Å². The van der Waals surface area contributed by atoms with Crippen molar-refractivity contribution in [2.24, 2.45) is 10.8 Å². The van der Waals surface area contributed by atoms with Gasteiger partial charge >= 0.3 is 11.9 Å². The molecule has 3 aromatic rings. The Hall–Kier alpha value is -3.89. The van der Waals surface area contributed by atoms with Gasteiger partial charge < -0.3 is 14.9 Å². The molecule has 6 rings (SSSR count). The summed E-state index contributed by atoms with van der Waals surface area (Å²) in [5.74, 6) is -2.75. The maximum atomic E-state index is 12.9. The van der Waals surface area contributed by atoms with Crippen LogP contribution >= 0.6 is 23.2 Å². The smallest absolute Gasteiger partial charge is 0.337 e. The van der Waals surface area contributed by atoms with Crippen LogP contribution in [0.1, 0.15) is 89.6 Å². The molecule has 0 spiro atoms. The maximum Gasteiger partial charge on any atom is 0.337 e. The number of hydrogen-bond donors (Lipinski definition) is 3. The van der Waals surface area contributed by atoms with Crippen LogP contribution in [0.15, 0.2) is 42.5 Å². The van der Waals surface area contributed by atoms with Crippen molar-refractivity contribution in [2.75, 3.05) is 5.75 Å². The first kappa shape index (κ1) is 33.0. The number of ether oxygens (including phenoxy) is 1. The fourth-order valence-electron chi connectivity index (χ4n) is 7.05. The molecule has 0 saturated carbocycles. The first-order valence-electron chi connectivity index (χ1n) is 14.9. The molecule has 0 radical (unpaired) electrons. The molecule has 0 fully saturated rings. The molecule has 1 aliphatic heterocycles. The molecule has 2 aliphatic carbocycles. The van der Waals surface area contributed by atoms with E-state index >= 15 is 0 Å². The van der Waals surface area contributed by atoms with Crippen LogP contribution in [0.2, 0.25) is 10.0 Å². The first-order chi connectivity index (χ1) is 21.8. The van der Waals surface area contributed by atoms with Crippen LogP contribution in [0.4, 0.5) is 0 Å². The molecule has 3 aliphatic rings. The van der Waals surface area contributed by atoms with Gasteiger partial charge in [0.2, 0.25) is 0 Å². The van der Waals surface area contributed by atoms with Crippen LogP contribution in [-0.2, 0) is 16.5 Å². The van der Waals surface area contributed by atoms with E-state index in [0.717, 1.165) is 35.6 Å². The number of fused-ring (bicyclic) bond motifs is 4. The second kappa shape index (κ2) is 11.1. The Morgan fingerprint density at radius 1 is 0.872 bits per heavy atom. The lowest BCUT2D eigenvalue weighted by atomic mass is 9.74. The Bertz CT molecular complexity index is 2260. The van der Waals surface area contributed by atoms with Crippen LogP contribution in [0, 0.1) is 10.8 Å². The molecule has 0 aromatic heterocycles. The maximum absolute atomic E-state index is 12.9. The number of aromatic carboxylic acids is 2. The zero-order valence-corrected chi connectivity index (χ0v) is 28.6. The number of carboxylic acid groups (broad SMARTS) is 2. The quantitative estimate of drug-likeness (QED) is 0.180. The van der Waals surface area contributed by atoms with Crippen molar-refractivity contribution in [1.29, 1.82) is 0 Å². The molecule has 47 heavy (non-hydrogen) atoms. The third-order valence-electron chi connectivity index (χ3n) is 8.72. The molecule has 0 atom stereocenters. The summed E-state index contributed by atoms with van der Waals surface area (Å²) in [5, 5.41) is 20.7. The van der Waals surface area contributed by atoms with Crippen LogP contribution in [0.5, 0.6) is 11.5 Å². The molecule has 8 nitrogen and oxygen atoms in total. The largest absolute Gasteiger partial charge is 0.478 e. The second-order valence-electron chi connectivity index (χ2n) is 13.5. The Morgan fingerprint density at radius 3 is 2.19 bits per heavy atom. The average molecular weight is 696 g/mol. The molecule has 0 bridgehead atoms. The predicted octanol–water partition coefficient (Wildman–Crippen LogP) is 7.21. The molecule has 0 unspecified atom stereocenters. The van der Waals surface area contributed by atoms with Crippen molar-refractivity contribution in [3.05, 3.63) is 102 Å². The van der Waals surface area contributed by atoms with E-state index in [0.29, 0.717) is 44.2 Å². The number of rotatable bonds is 6. The highest BCUT2D eigenvalue weighted by Crippen LogP contribution is 2.47. The summed E-state index contributed by atoms with van der Waals surface area (Å²) in [7, 11) is -4.42. The third-order valence-corrected chi connectivity index (χ3v) is 10.1. The zero-order chi connectivity index (χ0) is 34.4. The summed E-state index contributed by atoms with van der Waals surface area (Å²) in [6, 6.07) is 8.49. The minimum atomic E-state index is -4.42. The lowest BCUT2D eigenvalue weighted by Crippen LogP contribution is -2.29. The highest BCUT2D eigenvalue weighted by molar-refractivity contribution is 7.86. The highest BCUT2D eigenvalue weighted by Gasteiger charge is 2.34. The molecular formula is C36H32Cl2O8S. The summed E-state index contributed by atoms with van der Waals surface area (Å²) in [5.41, 5.74) is 3.21. The van der Waals surface area contributed by atoms with Gasteiger partial charge in [-0.3, -0.25) is 4.55 Å². The van der Waals surface area contributed by atoms with Gasteiger partial charge in [0, 0.05) is 27.3 Å². The van der Waals surface area contributed by atoms with E-state index in [1.165, 1.54) is 0 Å². The molecule has 1 heterocycles. The van der Waals surface area contributed by atoms with Gasteiger partial charge in [0.05, 0.1) is 21.2 Å². The van der Waals surface area contributed by atoms with E-state index in [2.05, 4.69) is 26.8 Å². The summed E-state index contributed by atoms with van der Waals surface area (Å²) in [4.78, 5) is 24.9. The van der Waals surface area contributed by atoms with Crippen molar-refractivity contribution < 1.29 is 37.5 Å². The Labute approximate surface area is 282 Å². The van der Waals surface area contributed by atoms with Crippen molar-refractivity contribution in [3.8, 4) is 11.5 Å². The monoisotopic (exact) mass is 694 g/mol. The van der Waals surface area contributed by atoms with Gasteiger partial charge in [-0.25, -0.2) is 9.59 Å². The van der Waals surface area contributed by atoms with Crippen LogP contribution in [0.25, 0.3) is 22.8 Å². The molecule has 0 saturated heterocycles. The molecule has 244 valence electrons. The lowest BCUT2D eigenvalue weighted by molar-refractivity contribution is 0.0695. The first-order valence-corrected chi connectivity index (χ1v) is 17.3. The van der Waals surface area contributed by atoms with Gasteiger partial charge in [-0.1, -0.05) is 76.0 Å². The Kier molecular flexibility index (Phi) is 7.79. The fraction of sp³-hybridized carbons (Fsp3) is 0.278. The number of halogens is 2. The zero-order valence-electron chi connectivity index (χ0n) is 26.3. The number of carbonyl (C=O) groups is 2. The van der Waals surface area contributed by atoms with Gasteiger partial charge in [0.1, 0.15) is 17.3 Å². The van der Waals surface area contributed by atoms with E-state index in [-0.39, 0.29) is 16.0 Å². The van der Waals surface area contributed by atoms with Crippen molar-refractivity contribution in [3.63, 3.8) is 0 Å². The van der Waals surface area contributed by atoms with Crippen molar-refractivity contribution >= 4 is 68.1 Å². The summed E-state index contributed by atoms with van der Waals surface area (Å²) in [6.07, 6.45) is 7.42. The van der Waals surface area contributed by atoms with Gasteiger partial charge in [-0.05, 0) is 81.6 Å². The molecule has 0 amide bonds. The highest BCUT2D eigenvalue weighted by atomic mass is 35.5. The topological polar surface area (TPSA) is 138 Å². The van der Waals surface area contributed by atoms with E-state index < -0.39 is 49.4 Å². The van der Waals surface area contributed by atoms with Crippen LogP contribution < -0.4 is 15.2 Å². The van der Waals surface area contributed by atoms with E-state index in [9.17, 15) is 32.8 Å². The fourth-order valence-corrected chi connectivity index (χ4v) is 8.29. The molecule has 3 N–H and O–H groups in total. The SMILES string of the molecule is CCC1=CC(C)(C)Cc2cc3c(cc21)C(c1c(Cl)cc(C(=O)O)c(Cl)c1C(=O)O)=c1cc2c(cc1O3)=CC(C)(C)C=C2CS(=O)(=O)O. The van der Waals surface area contributed by atoms with E-state index in [1.807, 2.05) is 32.1 Å². The van der Waals surface area contributed by atoms with Crippen LogP contribution in [-0.4, -0.2) is 40.9 Å². The standard InChI is InChI=1S/C36H32Cl2O8S/c1-6-17-12-35(2,3)13-18-7-27-23(9-21(17)18)29(30-26(37)11-25(33(39)40)32(38)31(30)34(41)42)24-10-22-19(8-28(24)46-27)14-36(4,5)15-20(22)16-47(43,44)45/h7-12,14-15H,6,13,16H2,1-5H3,(H,39,40)(H,41,42)(H,43,44,45). The van der Waals surface area contributed by atoms with Gasteiger partial charge in [0.25, 0.3) is 10.1 Å². The van der Waals surface area contributed by atoms with Gasteiger partial charge in [-0.15, -0.1) is 0 Å². The number of allylic oxidation sites excluding steroid dienone is 3. The van der Waals surface area contributed by atoms with Gasteiger partial charge in [0.15, 0.2) is 0 Å². The summed E-state index contributed by atoms with van der Waals surface area (Å²) >= 11 is 13.3.